The van der Waals surface area contributed by atoms with Gasteiger partial charge in [-0.25, -0.2) is 15.0 Å². The van der Waals surface area contributed by atoms with E-state index in [2.05, 4.69) is 35.8 Å². The Morgan fingerprint density at radius 2 is 1.88 bits per heavy atom. The van der Waals surface area contributed by atoms with Crippen LogP contribution in [0.15, 0.2) is 59.8 Å². The van der Waals surface area contributed by atoms with E-state index in [9.17, 15) is 9.90 Å². The van der Waals surface area contributed by atoms with Crippen molar-refractivity contribution in [1.29, 1.82) is 0 Å². The maximum Gasteiger partial charge on any atom is 0.256 e. The van der Waals surface area contributed by atoms with Crippen LogP contribution in [0.3, 0.4) is 0 Å². The Kier molecular flexibility index (Phi) is 6.61. The molecule has 0 amide bonds. The molecule has 0 aliphatic rings. The molecule has 32 heavy (non-hydrogen) atoms. The molecule has 10 nitrogen and oxygen atoms in total. The number of rotatable bonds is 9. The summed E-state index contributed by atoms with van der Waals surface area (Å²) in [5.74, 6) is 1.25. The number of aryl methyl sites for hydroxylation is 1. The molecule has 0 fully saturated rings. The lowest BCUT2D eigenvalue weighted by Gasteiger charge is -2.17. The Hall–Kier alpha value is -3.92. The van der Waals surface area contributed by atoms with Crippen molar-refractivity contribution in [3.63, 3.8) is 0 Å². The van der Waals surface area contributed by atoms with Crippen LogP contribution in [0.4, 0.5) is 11.8 Å². The molecule has 4 aromatic heterocycles. The zero-order valence-corrected chi connectivity index (χ0v) is 17.6. The van der Waals surface area contributed by atoms with Gasteiger partial charge < -0.3 is 15.7 Å². The molecule has 0 aromatic carbocycles. The third kappa shape index (κ3) is 5.03. The van der Waals surface area contributed by atoms with Crippen molar-refractivity contribution >= 4 is 22.8 Å². The van der Waals surface area contributed by atoms with Gasteiger partial charge in [-0.3, -0.25) is 9.36 Å². The number of fused-ring (bicyclic) bond motifs is 1. The molecule has 0 radical (unpaired) electrons. The number of aromatic nitrogens is 6. The summed E-state index contributed by atoms with van der Waals surface area (Å²) in [7, 11) is 0. The van der Waals surface area contributed by atoms with Gasteiger partial charge in [0.25, 0.3) is 5.56 Å². The summed E-state index contributed by atoms with van der Waals surface area (Å²) in [6, 6.07) is 10.7. The van der Waals surface area contributed by atoms with Gasteiger partial charge in [0.1, 0.15) is 11.5 Å². The standard InChI is InChI=1S/C22H24N8O2/c1-15-11-26-22(29-28-15)27-13-16(8-10-31)12-24-19-6-5-18(14-25-19)30-20(32)7-4-17-3-2-9-23-21(17)30/h2-7,9,11,14,16,31H,8,10,12-13H2,1H3,(H,24,25)(H,26,27,29)/t16-/m1/s1. The van der Waals surface area contributed by atoms with E-state index >= 15 is 0 Å². The second-order valence-corrected chi connectivity index (χ2v) is 7.39. The summed E-state index contributed by atoms with van der Waals surface area (Å²) >= 11 is 0. The number of aliphatic hydroxyl groups excluding tert-OH is 1. The van der Waals surface area contributed by atoms with Crippen LogP contribution in [0.5, 0.6) is 0 Å². The summed E-state index contributed by atoms with van der Waals surface area (Å²) in [4.78, 5) is 25.4. The molecule has 0 aliphatic heterocycles. The minimum Gasteiger partial charge on any atom is -0.396 e. The topological polar surface area (TPSA) is 131 Å². The largest absolute Gasteiger partial charge is 0.396 e. The van der Waals surface area contributed by atoms with Gasteiger partial charge >= 0.3 is 0 Å². The highest BCUT2D eigenvalue weighted by Gasteiger charge is 2.11. The lowest BCUT2D eigenvalue weighted by atomic mass is 10.1. The van der Waals surface area contributed by atoms with Gasteiger partial charge in [0.05, 0.1) is 23.8 Å². The van der Waals surface area contributed by atoms with Crippen LogP contribution in [0.2, 0.25) is 0 Å². The highest BCUT2D eigenvalue weighted by atomic mass is 16.3. The van der Waals surface area contributed by atoms with Crippen molar-refractivity contribution < 1.29 is 5.11 Å². The predicted octanol–water partition coefficient (Wildman–Crippen LogP) is 1.80. The molecule has 10 heteroatoms. The molecule has 0 spiro atoms. The van der Waals surface area contributed by atoms with Crippen LogP contribution < -0.4 is 16.2 Å². The number of hydrogen-bond donors (Lipinski definition) is 3. The fourth-order valence-corrected chi connectivity index (χ4v) is 3.30. The van der Waals surface area contributed by atoms with Gasteiger partial charge in [0.15, 0.2) is 0 Å². The number of anilines is 2. The third-order valence-electron chi connectivity index (χ3n) is 4.99. The molecule has 3 N–H and O–H groups in total. The smallest absolute Gasteiger partial charge is 0.256 e. The van der Waals surface area contributed by atoms with Crippen molar-refractivity contribution in [2.45, 2.75) is 13.3 Å². The number of nitrogens with one attached hydrogen (secondary N) is 2. The van der Waals surface area contributed by atoms with Gasteiger partial charge in [-0.05, 0) is 49.6 Å². The van der Waals surface area contributed by atoms with Gasteiger partial charge in [-0.2, -0.15) is 5.10 Å². The monoisotopic (exact) mass is 432 g/mol. The van der Waals surface area contributed by atoms with E-state index < -0.39 is 0 Å². The predicted molar refractivity (Wildman–Crippen MR) is 122 cm³/mol. The normalized spacial score (nSPS) is 11.9. The first kappa shape index (κ1) is 21.3. The minimum absolute atomic E-state index is 0.0738. The average Bonchev–Trinajstić information content (AvgIpc) is 2.82. The van der Waals surface area contributed by atoms with Crippen LogP contribution in [0.1, 0.15) is 12.1 Å². The summed E-state index contributed by atoms with van der Waals surface area (Å²) in [6.07, 6.45) is 5.56. The molecule has 0 unspecified atom stereocenters. The molecule has 1 atom stereocenters. The SMILES string of the molecule is Cc1cnc(NC[C@H](CCO)CNc2ccc(-n3c(=O)ccc4cccnc43)cn2)nn1. The Bertz CT molecular complexity index is 1230. The third-order valence-corrected chi connectivity index (χ3v) is 4.99. The van der Waals surface area contributed by atoms with E-state index in [4.69, 9.17) is 0 Å². The van der Waals surface area contributed by atoms with Crippen molar-refractivity contribution in [2.24, 2.45) is 5.92 Å². The molecular weight excluding hydrogens is 408 g/mol. The van der Waals surface area contributed by atoms with Crippen molar-refractivity contribution in [3.8, 4) is 5.69 Å². The molecule has 0 bridgehead atoms. The van der Waals surface area contributed by atoms with Gasteiger partial charge in [-0.1, -0.05) is 0 Å². The second-order valence-electron chi connectivity index (χ2n) is 7.39. The molecule has 4 rings (SSSR count). The molecule has 0 saturated carbocycles. The van der Waals surface area contributed by atoms with Crippen LogP contribution in [0, 0.1) is 12.8 Å². The number of hydrogen-bond acceptors (Lipinski definition) is 9. The van der Waals surface area contributed by atoms with E-state index in [0.29, 0.717) is 42.6 Å². The van der Waals surface area contributed by atoms with Gasteiger partial charge in [0, 0.05) is 37.3 Å². The van der Waals surface area contributed by atoms with E-state index in [-0.39, 0.29) is 18.1 Å². The van der Waals surface area contributed by atoms with E-state index in [1.54, 1.807) is 29.2 Å². The van der Waals surface area contributed by atoms with E-state index in [0.717, 1.165) is 11.1 Å². The first-order valence-corrected chi connectivity index (χ1v) is 10.3. The fraction of sp³-hybridized carbons (Fsp3) is 0.273. The van der Waals surface area contributed by atoms with Crippen molar-refractivity contribution in [3.05, 3.63) is 71.0 Å². The van der Waals surface area contributed by atoms with Crippen molar-refractivity contribution in [1.82, 2.24) is 29.7 Å². The molecule has 4 aromatic rings. The van der Waals surface area contributed by atoms with Crippen molar-refractivity contribution in [2.75, 3.05) is 30.3 Å². The summed E-state index contributed by atoms with van der Waals surface area (Å²) in [6.45, 7) is 3.07. The molecule has 0 saturated heterocycles. The Morgan fingerprint density at radius 3 is 2.62 bits per heavy atom. The van der Waals surface area contributed by atoms with Gasteiger partial charge in [0.2, 0.25) is 5.95 Å². The number of pyridine rings is 3. The Balaban J connectivity index is 1.42. The number of nitrogens with zero attached hydrogens (tertiary/aromatic N) is 6. The summed E-state index contributed by atoms with van der Waals surface area (Å²) in [5.41, 5.74) is 1.81. The summed E-state index contributed by atoms with van der Waals surface area (Å²) in [5, 5.41) is 24.7. The molecule has 0 aliphatic carbocycles. The molecule has 4 heterocycles. The lowest BCUT2D eigenvalue weighted by Crippen LogP contribution is -2.24. The first-order chi connectivity index (χ1) is 15.6. The number of aliphatic hydroxyl groups is 1. The summed E-state index contributed by atoms with van der Waals surface area (Å²) < 4.78 is 1.54. The molecular formula is C22H24N8O2. The fourth-order valence-electron chi connectivity index (χ4n) is 3.30. The minimum atomic E-state index is -0.166. The first-order valence-electron chi connectivity index (χ1n) is 10.3. The highest BCUT2D eigenvalue weighted by Crippen LogP contribution is 2.15. The zero-order chi connectivity index (χ0) is 22.3. The van der Waals surface area contributed by atoms with E-state index in [1.807, 2.05) is 31.2 Å². The quantitative estimate of drug-likeness (QED) is 0.362. The maximum absolute atomic E-state index is 12.4. The van der Waals surface area contributed by atoms with Gasteiger partial charge in [-0.15, -0.1) is 5.10 Å². The zero-order valence-electron chi connectivity index (χ0n) is 17.6. The molecule has 164 valence electrons. The highest BCUT2D eigenvalue weighted by molar-refractivity contribution is 5.76. The van der Waals surface area contributed by atoms with E-state index in [1.165, 1.54) is 6.07 Å². The lowest BCUT2D eigenvalue weighted by molar-refractivity contribution is 0.263. The second kappa shape index (κ2) is 9.92. The van der Waals surface area contributed by atoms with Crippen LogP contribution in [-0.2, 0) is 0 Å². The van der Waals surface area contributed by atoms with Crippen LogP contribution in [0.25, 0.3) is 16.7 Å². The average molecular weight is 432 g/mol. The Labute approximate surface area is 184 Å². The van der Waals surface area contributed by atoms with Crippen LogP contribution in [-0.4, -0.2) is 54.5 Å². The maximum atomic E-state index is 12.4. The van der Waals surface area contributed by atoms with Crippen LogP contribution >= 0.6 is 0 Å². The Morgan fingerprint density at radius 1 is 1.00 bits per heavy atom.